The topological polar surface area (TPSA) is 57.6 Å². The Morgan fingerprint density at radius 1 is 1.29 bits per heavy atom. The highest BCUT2D eigenvalue weighted by atomic mass is 16.4. The second-order valence-electron chi connectivity index (χ2n) is 6.59. The first kappa shape index (κ1) is 15.5. The van der Waals surface area contributed by atoms with Gasteiger partial charge in [0.05, 0.1) is 5.92 Å². The zero-order valence-corrected chi connectivity index (χ0v) is 12.9. The Balaban J connectivity index is 2.01. The van der Waals surface area contributed by atoms with Gasteiger partial charge in [-0.3, -0.25) is 9.59 Å². The summed E-state index contributed by atoms with van der Waals surface area (Å²) >= 11 is 0. The summed E-state index contributed by atoms with van der Waals surface area (Å²) in [6.45, 7) is 7.05. The molecule has 21 heavy (non-hydrogen) atoms. The van der Waals surface area contributed by atoms with Crippen LogP contribution in [-0.4, -0.2) is 35.0 Å². The van der Waals surface area contributed by atoms with Crippen LogP contribution < -0.4 is 0 Å². The molecular weight excluding hydrogens is 266 g/mol. The Kier molecular flexibility index (Phi) is 4.35. The molecule has 0 radical (unpaired) electrons. The predicted molar refractivity (Wildman–Crippen MR) is 81.1 cm³/mol. The van der Waals surface area contributed by atoms with Crippen molar-refractivity contribution in [2.24, 2.45) is 5.92 Å². The molecule has 1 heterocycles. The molecule has 1 atom stereocenters. The van der Waals surface area contributed by atoms with Crippen LogP contribution in [0.5, 0.6) is 0 Å². The second-order valence-corrected chi connectivity index (χ2v) is 6.59. The van der Waals surface area contributed by atoms with Crippen molar-refractivity contribution in [1.82, 2.24) is 4.90 Å². The predicted octanol–water partition coefficient (Wildman–Crippen LogP) is 2.60. The lowest BCUT2D eigenvalue weighted by Gasteiger charge is -2.27. The van der Waals surface area contributed by atoms with Crippen LogP contribution in [0.3, 0.4) is 0 Å². The van der Waals surface area contributed by atoms with Crippen LogP contribution in [-0.2, 0) is 15.0 Å². The van der Waals surface area contributed by atoms with E-state index in [4.69, 9.17) is 5.11 Å². The van der Waals surface area contributed by atoms with Gasteiger partial charge in [0.1, 0.15) is 0 Å². The molecule has 1 saturated heterocycles. The van der Waals surface area contributed by atoms with Crippen molar-refractivity contribution in [2.75, 3.05) is 13.1 Å². The van der Waals surface area contributed by atoms with Crippen molar-refractivity contribution in [3.63, 3.8) is 0 Å². The molecule has 1 unspecified atom stereocenters. The molecule has 0 spiro atoms. The molecule has 1 amide bonds. The smallest absolute Gasteiger partial charge is 0.308 e. The maximum Gasteiger partial charge on any atom is 0.308 e. The summed E-state index contributed by atoms with van der Waals surface area (Å²) in [5, 5.41) is 9.01. The highest BCUT2D eigenvalue weighted by Crippen LogP contribution is 2.29. The van der Waals surface area contributed by atoms with Gasteiger partial charge < -0.3 is 10.0 Å². The molecule has 1 aromatic carbocycles. The number of nitrogens with zero attached hydrogens (tertiary/aromatic N) is 1. The first-order valence-electron chi connectivity index (χ1n) is 7.37. The molecule has 1 fully saturated rings. The van der Waals surface area contributed by atoms with Gasteiger partial charge in [0.15, 0.2) is 0 Å². The number of hydrogen-bond acceptors (Lipinski definition) is 2. The maximum atomic E-state index is 12.4. The Bertz CT molecular complexity index is 533. The standard InChI is InChI=1S/C17H23NO3/c1-12-4-6-14(7-5-12)17(2,3)10-15(19)18-9-8-13(11-18)16(20)21/h4-7,13H,8-11H2,1-3H3,(H,20,21). The van der Waals surface area contributed by atoms with Crippen LogP contribution in [0.25, 0.3) is 0 Å². The summed E-state index contributed by atoms with van der Waals surface area (Å²) in [5.74, 6) is -1.16. The van der Waals surface area contributed by atoms with E-state index in [0.29, 0.717) is 25.9 Å². The molecule has 1 aliphatic rings. The molecule has 0 bridgehead atoms. The molecule has 0 aliphatic carbocycles. The van der Waals surface area contributed by atoms with Crippen LogP contribution in [0, 0.1) is 12.8 Å². The molecular formula is C17H23NO3. The van der Waals surface area contributed by atoms with Crippen molar-refractivity contribution in [3.8, 4) is 0 Å². The molecule has 4 nitrogen and oxygen atoms in total. The average Bonchev–Trinajstić information content (AvgIpc) is 2.88. The SMILES string of the molecule is Cc1ccc(C(C)(C)CC(=O)N2CCC(C(=O)O)C2)cc1. The molecule has 1 aliphatic heterocycles. The quantitative estimate of drug-likeness (QED) is 0.927. The van der Waals surface area contributed by atoms with Crippen LogP contribution >= 0.6 is 0 Å². The number of carbonyl (C=O) groups is 2. The third-order valence-corrected chi connectivity index (χ3v) is 4.32. The average molecular weight is 289 g/mol. The number of carboxylic acids is 1. The zero-order chi connectivity index (χ0) is 15.6. The van der Waals surface area contributed by atoms with Gasteiger partial charge in [-0.05, 0) is 24.3 Å². The number of likely N-dealkylation sites (tertiary alicyclic amines) is 1. The molecule has 1 aromatic rings. The fourth-order valence-corrected chi connectivity index (χ4v) is 2.79. The van der Waals surface area contributed by atoms with E-state index in [0.717, 1.165) is 5.56 Å². The van der Waals surface area contributed by atoms with Gasteiger partial charge in [-0.25, -0.2) is 0 Å². The molecule has 0 saturated carbocycles. The lowest BCUT2D eigenvalue weighted by Crippen LogP contribution is -2.34. The number of amides is 1. The van der Waals surface area contributed by atoms with Gasteiger partial charge in [0.2, 0.25) is 5.91 Å². The van der Waals surface area contributed by atoms with E-state index in [2.05, 4.69) is 38.1 Å². The van der Waals surface area contributed by atoms with E-state index in [1.54, 1.807) is 4.90 Å². The van der Waals surface area contributed by atoms with Gasteiger partial charge >= 0.3 is 5.97 Å². The second kappa shape index (κ2) is 5.88. The number of aryl methyl sites for hydroxylation is 1. The molecule has 1 N–H and O–H groups in total. The summed E-state index contributed by atoms with van der Waals surface area (Å²) in [6, 6.07) is 8.23. The highest BCUT2D eigenvalue weighted by Gasteiger charge is 2.33. The van der Waals surface area contributed by atoms with Gasteiger partial charge in [0, 0.05) is 19.5 Å². The third kappa shape index (κ3) is 3.63. The van der Waals surface area contributed by atoms with Crippen molar-refractivity contribution in [2.45, 2.75) is 39.0 Å². The minimum absolute atomic E-state index is 0.0457. The van der Waals surface area contributed by atoms with Crippen LogP contribution in [0.2, 0.25) is 0 Å². The number of benzene rings is 1. The fourth-order valence-electron chi connectivity index (χ4n) is 2.79. The highest BCUT2D eigenvalue weighted by molar-refractivity contribution is 5.80. The van der Waals surface area contributed by atoms with E-state index < -0.39 is 11.9 Å². The van der Waals surface area contributed by atoms with E-state index in [-0.39, 0.29) is 11.3 Å². The maximum absolute atomic E-state index is 12.4. The van der Waals surface area contributed by atoms with E-state index in [1.807, 2.05) is 6.92 Å². The van der Waals surface area contributed by atoms with Gasteiger partial charge in [-0.1, -0.05) is 43.7 Å². The first-order valence-corrected chi connectivity index (χ1v) is 7.37. The summed E-state index contributed by atoms with van der Waals surface area (Å²) < 4.78 is 0. The largest absolute Gasteiger partial charge is 0.481 e. The monoisotopic (exact) mass is 289 g/mol. The number of rotatable bonds is 4. The molecule has 0 aromatic heterocycles. The summed E-state index contributed by atoms with van der Waals surface area (Å²) in [7, 11) is 0. The summed E-state index contributed by atoms with van der Waals surface area (Å²) in [5.41, 5.74) is 2.09. The zero-order valence-electron chi connectivity index (χ0n) is 12.9. The van der Waals surface area contributed by atoms with Gasteiger partial charge in [-0.15, -0.1) is 0 Å². The third-order valence-electron chi connectivity index (χ3n) is 4.32. The van der Waals surface area contributed by atoms with E-state index >= 15 is 0 Å². The molecule has 114 valence electrons. The summed E-state index contributed by atoms with van der Waals surface area (Å²) in [4.78, 5) is 25.1. The number of hydrogen-bond donors (Lipinski definition) is 1. The van der Waals surface area contributed by atoms with Crippen molar-refractivity contribution in [1.29, 1.82) is 0 Å². The minimum atomic E-state index is -0.803. The van der Waals surface area contributed by atoms with Crippen molar-refractivity contribution >= 4 is 11.9 Å². The molecule has 2 rings (SSSR count). The number of carboxylic acid groups (broad SMARTS) is 1. The fraction of sp³-hybridized carbons (Fsp3) is 0.529. The summed E-state index contributed by atoms with van der Waals surface area (Å²) in [6.07, 6.45) is 0.967. The lowest BCUT2D eigenvalue weighted by molar-refractivity contribution is -0.141. The van der Waals surface area contributed by atoms with Crippen LogP contribution in [0.4, 0.5) is 0 Å². The van der Waals surface area contributed by atoms with E-state index in [1.165, 1.54) is 5.56 Å². The Labute approximate surface area is 125 Å². The van der Waals surface area contributed by atoms with E-state index in [9.17, 15) is 9.59 Å². The van der Waals surface area contributed by atoms with Crippen molar-refractivity contribution in [3.05, 3.63) is 35.4 Å². The van der Waals surface area contributed by atoms with Crippen LogP contribution in [0.1, 0.15) is 37.8 Å². The van der Waals surface area contributed by atoms with Crippen LogP contribution in [0.15, 0.2) is 24.3 Å². The number of aliphatic carboxylic acids is 1. The van der Waals surface area contributed by atoms with Crippen molar-refractivity contribution < 1.29 is 14.7 Å². The Morgan fingerprint density at radius 2 is 1.90 bits per heavy atom. The van der Waals surface area contributed by atoms with Gasteiger partial charge in [-0.2, -0.15) is 0 Å². The number of carbonyl (C=O) groups excluding carboxylic acids is 1. The minimum Gasteiger partial charge on any atom is -0.481 e. The first-order chi connectivity index (χ1) is 9.79. The Morgan fingerprint density at radius 3 is 2.43 bits per heavy atom. The lowest BCUT2D eigenvalue weighted by atomic mass is 9.81. The Hall–Kier alpha value is -1.84. The van der Waals surface area contributed by atoms with Gasteiger partial charge in [0.25, 0.3) is 0 Å². The normalized spacial score (nSPS) is 18.8. The molecule has 4 heteroatoms.